The number of benzene rings is 1. The standard InChI is InChI=1S/C11H8N2O2S/c14-13(15)9-3-1-2-8(6-9)11-7-10(16)4-5-12-11/h1-7H,(H,12,16). The lowest BCUT2D eigenvalue weighted by molar-refractivity contribution is -0.384. The van der Waals surface area contributed by atoms with E-state index in [9.17, 15) is 10.1 Å². The number of aromatic amines is 1. The van der Waals surface area contributed by atoms with Crippen LogP contribution in [-0.2, 0) is 0 Å². The summed E-state index contributed by atoms with van der Waals surface area (Å²) in [6.07, 6.45) is 1.72. The number of nitro groups is 1. The lowest BCUT2D eigenvalue weighted by atomic mass is 10.1. The Bertz CT molecular complexity index is 592. The maximum absolute atomic E-state index is 10.6. The van der Waals surface area contributed by atoms with Crippen molar-refractivity contribution in [2.45, 2.75) is 0 Å². The molecule has 0 aliphatic heterocycles. The van der Waals surface area contributed by atoms with E-state index in [1.807, 2.05) is 0 Å². The fourth-order valence-electron chi connectivity index (χ4n) is 1.40. The monoisotopic (exact) mass is 232 g/mol. The van der Waals surface area contributed by atoms with E-state index in [1.54, 1.807) is 30.5 Å². The molecule has 0 atom stereocenters. The van der Waals surface area contributed by atoms with E-state index in [0.717, 1.165) is 11.3 Å². The second-order valence-corrected chi connectivity index (χ2v) is 3.72. The van der Waals surface area contributed by atoms with E-state index in [-0.39, 0.29) is 5.69 Å². The molecular weight excluding hydrogens is 224 g/mol. The molecule has 0 fully saturated rings. The lowest BCUT2D eigenvalue weighted by Crippen LogP contribution is -1.89. The maximum atomic E-state index is 10.6. The molecule has 2 rings (SSSR count). The number of H-pyrrole nitrogens is 1. The summed E-state index contributed by atoms with van der Waals surface area (Å²) in [5, 5.41) is 10.6. The molecule has 4 nitrogen and oxygen atoms in total. The summed E-state index contributed by atoms with van der Waals surface area (Å²) in [5.74, 6) is 0. The highest BCUT2D eigenvalue weighted by atomic mass is 32.1. The number of nitro benzene ring substituents is 1. The van der Waals surface area contributed by atoms with Gasteiger partial charge in [0, 0.05) is 34.1 Å². The number of nitrogens with zero attached hydrogens (tertiary/aromatic N) is 1. The molecule has 2 aromatic rings. The van der Waals surface area contributed by atoms with Gasteiger partial charge in [0.05, 0.1) is 4.92 Å². The van der Waals surface area contributed by atoms with Crippen LogP contribution in [0.15, 0.2) is 42.6 Å². The zero-order valence-electron chi connectivity index (χ0n) is 8.21. The third-order valence-electron chi connectivity index (χ3n) is 2.14. The highest BCUT2D eigenvalue weighted by Crippen LogP contribution is 2.21. The highest BCUT2D eigenvalue weighted by Gasteiger charge is 2.06. The largest absolute Gasteiger partial charge is 0.361 e. The second kappa shape index (κ2) is 4.24. The Labute approximate surface area is 96.7 Å². The van der Waals surface area contributed by atoms with Gasteiger partial charge in [0.25, 0.3) is 5.69 Å². The van der Waals surface area contributed by atoms with Crippen molar-refractivity contribution in [1.82, 2.24) is 4.98 Å². The molecule has 1 N–H and O–H groups in total. The molecular formula is C11H8N2O2S. The van der Waals surface area contributed by atoms with Crippen molar-refractivity contribution in [1.29, 1.82) is 0 Å². The molecule has 0 saturated carbocycles. The number of aromatic nitrogens is 1. The van der Waals surface area contributed by atoms with Gasteiger partial charge < -0.3 is 4.98 Å². The summed E-state index contributed by atoms with van der Waals surface area (Å²) in [6, 6.07) is 9.96. The SMILES string of the molecule is O=[N+]([O-])c1cccc(-c2cc(=S)cc[nH]2)c1. The summed E-state index contributed by atoms with van der Waals surface area (Å²) < 4.78 is 0.695. The molecule has 1 heterocycles. The van der Waals surface area contributed by atoms with Gasteiger partial charge in [-0.15, -0.1) is 0 Å². The van der Waals surface area contributed by atoms with Gasteiger partial charge in [-0.05, 0) is 12.1 Å². The van der Waals surface area contributed by atoms with Crippen LogP contribution in [0, 0.1) is 14.6 Å². The number of non-ortho nitro benzene ring substituents is 1. The van der Waals surface area contributed by atoms with E-state index >= 15 is 0 Å². The van der Waals surface area contributed by atoms with E-state index in [2.05, 4.69) is 4.98 Å². The molecule has 5 heteroatoms. The molecule has 16 heavy (non-hydrogen) atoms. The van der Waals surface area contributed by atoms with Gasteiger partial charge in [0.2, 0.25) is 0 Å². The van der Waals surface area contributed by atoms with Gasteiger partial charge in [-0.25, -0.2) is 0 Å². The van der Waals surface area contributed by atoms with Crippen LogP contribution in [0.25, 0.3) is 11.3 Å². The van der Waals surface area contributed by atoms with Crippen LogP contribution in [0.1, 0.15) is 0 Å². The van der Waals surface area contributed by atoms with Crippen LogP contribution in [0.3, 0.4) is 0 Å². The fourth-order valence-corrected chi connectivity index (χ4v) is 1.59. The number of hydrogen-bond donors (Lipinski definition) is 1. The average Bonchev–Trinajstić information content (AvgIpc) is 2.29. The molecule has 0 aliphatic carbocycles. The first kappa shape index (κ1) is 10.5. The van der Waals surface area contributed by atoms with Gasteiger partial charge in [-0.3, -0.25) is 10.1 Å². The third-order valence-corrected chi connectivity index (χ3v) is 2.39. The van der Waals surface area contributed by atoms with E-state index in [1.165, 1.54) is 12.1 Å². The van der Waals surface area contributed by atoms with Gasteiger partial charge in [-0.2, -0.15) is 0 Å². The minimum absolute atomic E-state index is 0.0701. The summed E-state index contributed by atoms with van der Waals surface area (Å²) in [6.45, 7) is 0. The van der Waals surface area contributed by atoms with Gasteiger partial charge in [0.15, 0.2) is 0 Å². The van der Waals surface area contributed by atoms with Crippen molar-refractivity contribution in [3.63, 3.8) is 0 Å². The summed E-state index contributed by atoms with van der Waals surface area (Å²) in [4.78, 5) is 13.2. The quantitative estimate of drug-likeness (QED) is 0.491. The number of rotatable bonds is 2. The Hall–Kier alpha value is -2.01. The van der Waals surface area contributed by atoms with Crippen molar-refractivity contribution in [3.05, 3.63) is 57.2 Å². The molecule has 0 spiro atoms. The minimum Gasteiger partial charge on any atom is -0.361 e. The molecule has 1 aromatic carbocycles. The predicted octanol–water partition coefficient (Wildman–Crippen LogP) is 3.32. The molecule has 0 saturated heterocycles. The van der Waals surface area contributed by atoms with Crippen molar-refractivity contribution < 1.29 is 4.92 Å². The highest BCUT2D eigenvalue weighted by molar-refractivity contribution is 7.71. The first-order chi connectivity index (χ1) is 7.66. The molecule has 80 valence electrons. The van der Waals surface area contributed by atoms with Gasteiger partial charge >= 0.3 is 0 Å². The van der Waals surface area contributed by atoms with Crippen LogP contribution in [0.2, 0.25) is 0 Å². The summed E-state index contributed by atoms with van der Waals surface area (Å²) >= 11 is 5.03. The zero-order valence-corrected chi connectivity index (χ0v) is 9.03. The predicted molar refractivity (Wildman–Crippen MR) is 63.7 cm³/mol. The van der Waals surface area contributed by atoms with Crippen LogP contribution in [0.5, 0.6) is 0 Å². The zero-order chi connectivity index (χ0) is 11.5. The van der Waals surface area contributed by atoms with Gasteiger partial charge in [-0.1, -0.05) is 24.4 Å². The Morgan fingerprint density at radius 2 is 2.06 bits per heavy atom. The molecule has 0 unspecified atom stereocenters. The Morgan fingerprint density at radius 1 is 1.25 bits per heavy atom. The fraction of sp³-hybridized carbons (Fsp3) is 0. The summed E-state index contributed by atoms with van der Waals surface area (Å²) in [5.41, 5.74) is 1.60. The maximum Gasteiger partial charge on any atom is 0.270 e. The van der Waals surface area contributed by atoms with Crippen LogP contribution in [0.4, 0.5) is 5.69 Å². The summed E-state index contributed by atoms with van der Waals surface area (Å²) in [7, 11) is 0. The van der Waals surface area contributed by atoms with Crippen molar-refractivity contribution in [2.75, 3.05) is 0 Å². The normalized spacial score (nSPS) is 10.0. The van der Waals surface area contributed by atoms with Crippen LogP contribution >= 0.6 is 12.2 Å². The Morgan fingerprint density at radius 3 is 2.75 bits per heavy atom. The van der Waals surface area contributed by atoms with Crippen molar-refractivity contribution in [3.8, 4) is 11.3 Å². The van der Waals surface area contributed by atoms with E-state index < -0.39 is 4.92 Å². The Kier molecular flexibility index (Phi) is 2.78. The molecule has 0 radical (unpaired) electrons. The lowest BCUT2D eigenvalue weighted by Gasteiger charge is -2.01. The van der Waals surface area contributed by atoms with Crippen molar-refractivity contribution >= 4 is 17.9 Å². The number of hydrogen-bond acceptors (Lipinski definition) is 3. The number of pyridine rings is 1. The van der Waals surface area contributed by atoms with E-state index in [0.29, 0.717) is 4.51 Å². The topological polar surface area (TPSA) is 58.9 Å². The van der Waals surface area contributed by atoms with E-state index in [4.69, 9.17) is 12.2 Å². The average molecular weight is 232 g/mol. The minimum atomic E-state index is -0.416. The molecule has 1 aromatic heterocycles. The molecule has 0 aliphatic rings. The third kappa shape index (κ3) is 2.14. The molecule has 0 amide bonds. The second-order valence-electron chi connectivity index (χ2n) is 3.25. The number of nitrogens with one attached hydrogen (secondary N) is 1. The van der Waals surface area contributed by atoms with Crippen molar-refractivity contribution in [2.24, 2.45) is 0 Å². The first-order valence-electron chi connectivity index (χ1n) is 4.60. The van der Waals surface area contributed by atoms with Gasteiger partial charge in [0.1, 0.15) is 0 Å². The Balaban J connectivity index is 2.52. The van der Waals surface area contributed by atoms with Crippen LogP contribution < -0.4 is 0 Å². The molecule has 0 bridgehead atoms. The smallest absolute Gasteiger partial charge is 0.270 e. The first-order valence-corrected chi connectivity index (χ1v) is 5.01. The van der Waals surface area contributed by atoms with Crippen LogP contribution in [-0.4, -0.2) is 9.91 Å².